The van der Waals surface area contributed by atoms with E-state index in [1.54, 1.807) is 36.9 Å². The predicted octanol–water partition coefficient (Wildman–Crippen LogP) is 3.42. The molecule has 0 atom stereocenters. The van der Waals surface area contributed by atoms with E-state index < -0.39 is 10.0 Å². The van der Waals surface area contributed by atoms with Crippen LogP contribution in [0.4, 0.5) is 5.69 Å². The molecule has 32 heavy (non-hydrogen) atoms. The van der Waals surface area contributed by atoms with Crippen molar-refractivity contribution in [3.05, 3.63) is 59.8 Å². The van der Waals surface area contributed by atoms with E-state index in [-0.39, 0.29) is 17.3 Å². The number of hydrogen-bond donors (Lipinski definition) is 1. The number of nitrogens with zero attached hydrogens (tertiary/aromatic N) is 3. The van der Waals surface area contributed by atoms with Crippen LogP contribution in [-0.4, -0.2) is 41.5 Å². The molecule has 0 bridgehead atoms. The maximum atomic E-state index is 12.7. The lowest BCUT2D eigenvalue weighted by Gasteiger charge is -2.20. The second-order valence-corrected chi connectivity index (χ2v) is 9.56. The van der Waals surface area contributed by atoms with Crippen LogP contribution >= 0.6 is 0 Å². The van der Waals surface area contributed by atoms with Gasteiger partial charge in [0.15, 0.2) is 0 Å². The Morgan fingerprint density at radius 2 is 1.88 bits per heavy atom. The highest BCUT2D eigenvalue weighted by Crippen LogP contribution is 2.37. The summed E-state index contributed by atoms with van der Waals surface area (Å²) in [5, 5.41) is 7.20. The van der Waals surface area contributed by atoms with Crippen molar-refractivity contribution in [3.63, 3.8) is 0 Å². The Bertz CT molecular complexity index is 1250. The Kier molecular flexibility index (Phi) is 6.03. The van der Waals surface area contributed by atoms with Gasteiger partial charge in [0.05, 0.1) is 16.8 Å². The highest BCUT2D eigenvalue weighted by atomic mass is 32.2. The minimum absolute atomic E-state index is 0.0300. The molecule has 1 N–H and O–H groups in total. The molecular weight excluding hydrogens is 428 g/mol. The van der Waals surface area contributed by atoms with Gasteiger partial charge in [0.1, 0.15) is 18.9 Å². The molecule has 0 saturated carbocycles. The lowest BCUT2D eigenvalue weighted by atomic mass is 10.0. The zero-order valence-corrected chi connectivity index (χ0v) is 19.1. The van der Waals surface area contributed by atoms with Crippen LogP contribution < -0.4 is 10.1 Å². The fourth-order valence-corrected chi connectivity index (χ4v) is 5.29. The van der Waals surface area contributed by atoms with Crippen molar-refractivity contribution in [1.82, 2.24) is 14.1 Å². The highest BCUT2D eigenvalue weighted by Gasteiger charge is 2.24. The molecule has 0 spiro atoms. The molecule has 1 aromatic heterocycles. The zero-order chi connectivity index (χ0) is 22.9. The van der Waals surface area contributed by atoms with Crippen LogP contribution in [0.5, 0.6) is 5.75 Å². The first-order chi connectivity index (χ1) is 15.3. The van der Waals surface area contributed by atoms with E-state index in [0.717, 1.165) is 28.1 Å². The zero-order valence-electron chi connectivity index (χ0n) is 18.3. The summed E-state index contributed by atoms with van der Waals surface area (Å²) in [5.74, 6) is 0.520. The van der Waals surface area contributed by atoms with E-state index in [2.05, 4.69) is 10.4 Å². The van der Waals surface area contributed by atoms with E-state index in [0.29, 0.717) is 25.4 Å². The van der Waals surface area contributed by atoms with Gasteiger partial charge in [-0.15, -0.1) is 0 Å². The largest absolute Gasteiger partial charge is 0.488 e. The average molecular weight is 455 g/mol. The Morgan fingerprint density at radius 1 is 1.16 bits per heavy atom. The Hall–Kier alpha value is -3.17. The molecule has 8 nitrogen and oxygen atoms in total. The number of aromatic nitrogens is 2. The minimum atomic E-state index is -3.54. The first kappa shape index (κ1) is 22.0. The summed E-state index contributed by atoms with van der Waals surface area (Å²) < 4.78 is 34.1. The van der Waals surface area contributed by atoms with Gasteiger partial charge in [-0.3, -0.25) is 9.48 Å². The molecular formula is C23H26N4O4S. The van der Waals surface area contributed by atoms with Crippen LogP contribution in [0.2, 0.25) is 0 Å². The molecule has 0 saturated heterocycles. The van der Waals surface area contributed by atoms with Gasteiger partial charge in [-0.1, -0.05) is 25.5 Å². The Morgan fingerprint density at radius 3 is 2.56 bits per heavy atom. The number of carbonyl (C=O) groups is 1. The molecule has 9 heteroatoms. The molecule has 2 aromatic carbocycles. The summed E-state index contributed by atoms with van der Waals surface area (Å²) >= 11 is 0. The molecule has 3 aromatic rings. The SMILES string of the molecule is CCN(CC)S(=O)(=O)c1ccc(NC(=O)Cn2ncc3c2-c2cc(C)ccc2OC3)cc1. The maximum Gasteiger partial charge on any atom is 0.246 e. The van der Waals surface area contributed by atoms with Crippen molar-refractivity contribution >= 4 is 21.6 Å². The van der Waals surface area contributed by atoms with Gasteiger partial charge in [-0.2, -0.15) is 9.40 Å². The molecule has 0 aliphatic carbocycles. The number of hydrogen-bond acceptors (Lipinski definition) is 5. The van der Waals surface area contributed by atoms with E-state index in [1.807, 2.05) is 25.1 Å². The fourth-order valence-electron chi connectivity index (χ4n) is 3.83. The summed E-state index contributed by atoms with van der Waals surface area (Å²) in [6.07, 6.45) is 1.72. The highest BCUT2D eigenvalue weighted by molar-refractivity contribution is 7.89. The van der Waals surface area contributed by atoms with Crippen LogP contribution in [0.3, 0.4) is 0 Å². The second kappa shape index (κ2) is 8.76. The van der Waals surface area contributed by atoms with Crippen LogP contribution in [0.1, 0.15) is 25.0 Å². The number of nitrogens with one attached hydrogen (secondary N) is 1. The number of amides is 1. The van der Waals surface area contributed by atoms with Crippen molar-refractivity contribution in [3.8, 4) is 17.0 Å². The van der Waals surface area contributed by atoms with Crippen molar-refractivity contribution in [1.29, 1.82) is 0 Å². The molecule has 2 heterocycles. The molecule has 0 fully saturated rings. The van der Waals surface area contributed by atoms with E-state index in [9.17, 15) is 13.2 Å². The predicted molar refractivity (Wildman–Crippen MR) is 122 cm³/mol. The molecule has 4 rings (SSSR count). The number of aryl methyl sites for hydroxylation is 1. The number of benzene rings is 2. The first-order valence-corrected chi connectivity index (χ1v) is 12.0. The molecule has 168 valence electrons. The van der Waals surface area contributed by atoms with Crippen LogP contribution in [0.15, 0.2) is 53.6 Å². The number of fused-ring (bicyclic) bond motifs is 3. The van der Waals surface area contributed by atoms with Gasteiger partial charge >= 0.3 is 0 Å². The number of anilines is 1. The van der Waals surface area contributed by atoms with Crippen molar-refractivity contribution in [2.75, 3.05) is 18.4 Å². The van der Waals surface area contributed by atoms with Crippen molar-refractivity contribution in [2.24, 2.45) is 0 Å². The van der Waals surface area contributed by atoms with Crippen LogP contribution in [-0.2, 0) is 28.0 Å². The topological polar surface area (TPSA) is 93.5 Å². The number of rotatable bonds is 7. The first-order valence-electron chi connectivity index (χ1n) is 10.5. The van der Waals surface area contributed by atoms with E-state index in [1.165, 1.54) is 16.4 Å². The normalized spacial score (nSPS) is 12.8. The van der Waals surface area contributed by atoms with Crippen LogP contribution in [0, 0.1) is 6.92 Å². The van der Waals surface area contributed by atoms with Crippen LogP contribution in [0.25, 0.3) is 11.3 Å². The molecule has 1 aliphatic rings. The fraction of sp³-hybridized carbons (Fsp3) is 0.304. The van der Waals surface area contributed by atoms with Gasteiger partial charge in [0.25, 0.3) is 0 Å². The lowest BCUT2D eigenvalue weighted by molar-refractivity contribution is -0.116. The van der Waals surface area contributed by atoms with E-state index >= 15 is 0 Å². The maximum absolute atomic E-state index is 12.7. The van der Waals surface area contributed by atoms with Gasteiger partial charge < -0.3 is 10.1 Å². The van der Waals surface area contributed by atoms with Gasteiger partial charge in [0, 0.05) is 29.9 Å². The summed E-state index contributed by atoms with van der Waals surface area (Å²) in [6.45, 7) is 6.85. The third-order valence-electron chi connectivity index (χ3n) is 5.46. The quantitative estimate of drug-likeness (QED) is 0.590. The third-order valence-corrected chi connectivity index (χ3v) is 7.53. The second-order valence-electron chi connectivity index (χ2n) is 7.63. The molecule has 1 amide bonds. The standard InChI is InChI=1S/C23H26N4O4S/c1-4-26(5-2)32(29,30)19-9-7-18(8-10-19)25-22(28)14-27-23-17(13-24-27)15-31-21-11-6-16(3)12-20(21)23/h6-13H,4-5,14-15H2,1-3H3,(H,25,28). The lowest BCUT2D eigenvalue weighted by Crippen LogP contribution is -2.30. The third kappa shape index (κ3) is 4.13. The van der Waals surface area contributed by atoms with Crippen molar-refractivity contribution < 1.29 is 17.9 Å². The Labute approximate surface area is 187 Å². The van der Waals surface area contributed by atoms with Gasteiger partial charge in [0.2, 0.25) is 15.9 Å². The summed E-state index contributed by atoms with van der Waals surface area (Å²) in [5.41, 5.74) is 4.35. The summed E-state index contributed by atoms with van der Waals surface area (Å²) in [7, 11) is -3.54. The summed E-state index contributed by atoms with van der Waals surface area (Å²) in [6, 6.07) is 12.2. The smallest absolute Gasteiger partial charge is 0.246 e. The number of ether oxygens (including phenoxy) is 1. The average Bonchev–Trinajstić information content (AvgIpc) is 3.18. The molecule has 0 unspecified atom stereocenters. The number of carbonyl (C=O) groups excluding carboxylic acids is 1. The Balaban J connectivity index is 1.50. The summed E-state index contributed by atoms with van der Waals surface area (Å²) in [4.78, 5) is 12.9. The molecule has 0 radical (unpaired) electrons. The van der Waals surface area contributed by atoms with E-state index in [4.69, 9.17) is 4.74 Å². The molecule has 1 aliphatic heterocycles. The van der Waals surface area contributed by atoms with Gasteiger partial charge in [-0.25, -0.2) is 8.42 Å². The van der Waals surface area contributed by atoms with Gasteiger partial charge in [-0.05, 0) is 43.3 Å². The van der Waals surface area contributed by atoms with Crippen molar-refractivity contribution in [2.45, 2.75) is 38.8 Å². The number of sulfonamides is 1. The minimum Gasteiger partial charge on any atom is -0.488 e. The monoisotopic (exact) mass is 454 g/mol.